The minimum Gasteiger partial charge on any atom is -0.542 e. The van der Waals surface area contributed by atoms with Crippen LogP contribution in [0.15, 0.2) is 53.6 Å². The molecule has 0 saturated carbocycles. The summed E-state index contributed by atoms with van der Waals surface area (Å²) in [6, 6.07) is 13.5. The van der Waals surface area contributed by atoms with E-state index < -0.39 is 27.2 Å². The number of alkyl halides is 3. The molecule has 5 rings (SSSR count). The maximum atomic E-state index is 12.9. The molecule has 0 bridgehead atoms. The van der Waals surface area contributed by atoms with Crippen molar-refractivity contribution >= 4 is 56.2 Å². The fourth-order valence-corrected chi connectivity index (χ4v) is 6.78. The van der Waals surface area contributed by atoms with Gasteiger partial charge in [0, 0.05) is 44.0 Å². The van der Waals surface area contributed by atoms with Crippen molar-refractivity contribution in [2.75, 3.05) is 61.9 Å². The number of carboxylic acids is 1. The van der Waals surface area contributed by atoms with Gasteiger partial charge < -0.3 is 35.5 Å². The normalized spacial score (nSPS) is 16.2. The standard InChI is InChI=1S/C29H38ClN7O3S.C2HF3O2/c1-20(2)41(38,39)27-7-5-4-6-25(27)33-28-23(30)19-32-29(35-28)34-24-9-8-22(18-26(24)40-3)36-14-10-21(11-15-36)37-16-12-31-13-17-37;3-2(4,5)1(6)7/h4-9,18-21,31H,10-17H2,1-3H3,(H2,32,33,34,35);(H,6,7). The molecule has 48 heavy (non-hydrogen) atoms. The van der Waals surface area contributed by atoms with Crippen LogP contribution in [0.1, 0.15) is 26.7 Å². The van der Waals surface area contributed by atoms with E-state index >= 15 is 0 Å². The van der Waals surface area contributed by atoms with Crippen molar-refractivity contribution in [3.05, 3.63) is 53.7 Å². The first-order valence-electron chi connectivity index (χ1n) is 15.4. The number of piperidine rings is 1. The predicted octanol–water partition coefficient (Wildman–Crippen LogP) is 2.95. The number of piperazine rings is 1. The van der Waals surface area contributed by atoms with Crippen LogP contribution in [-0.4, -0.2) is 93.1 Å². The van der Waals surface area contributed by atoms with Crippen molar-refractivity contribution in [3.63, 3.8) is 0 Å². The van der Waals surface area contributed by atoms with Crippen molar-refractivity contribution in [1.29, 1.82) is 0 Å². The number of nitrogens with two attached hydrogens (primary N) is 1. The summed E-state index contributed by atoms with van der Waals surface area (Å²) in [5, 5.41) is 17.2. The van der Waals surface area contributed by atoms with Gasteiger partial charge in [-0.2, -0.15) is 18.2 Å². The van der Waals surface area contributed by atoms with Crippen LogP contribution < -0.4 is 30.7 Å². The summed E-state index contributed by atoms with van der Waals surface area (Å²) in [5.41, 5.74) is 2.24. The van der Waals surface area contributed by atoms with Crippen LogP contribution in [0.2, 0.25) is 5.02 Å². The van der Waals surface area contributed by atoms with E-state index in [4.69, 9.17) is 26.2 Å². The second-order valence-corrected chi connectivity index (χ2v) is 14.4. The number of halogens is 4. The molecular formula is C31H39ClF3N7O5S. The van der Waals surface area contributed by atoms with Gasteiger partial charge in [0.1, 0.15) is 16.7 Å². The number of carbonyl (C=O) groups is 1. The summed E-state index contributed by atoms with van der Waals surface area (Å²) in [4.78, 5) is 22.9. The Kier molecular flexibility index (Phi) is 12.3. The van der Waals surface area contributed by atoms with Gasteiger partial charge in [-0.3, -0.25) is 4.90 Å². The Morgan fingerprint density at radius 2 is 1.71 bits per heavy atom. The average molecular weight is 714 g/mol. The number of sulfone groups is 1. The molecule has 0 atom stereocenters. The van der Waals surface area contributed by atoms with Crippen LogP contribution in [0.3, 0.4) is 0 Å². The molecule has 0 spiro atoms. The number of hydrogen-bond donors (Lipinski definition) is 3. The zero-order chi connectivity index (χ0) is 35.1. The first-order valence-corrected chi connectivity index (χ1v) is 17.3. The molecule has 2 saturated heterocycles. The monoisotopic (exact) mass is 713 g/mol. The predicted molar refractivity (Wildman–Crippen MR) is 175 cm³/mol. The molecule has 2 aliphatic heterocycles. The number of para-hydroxylation sites is 1. The summed E-state index contributed by atoms with van der Waals surface area (Å²) in [7, 11) is -1.87. The summed E-state index contributed by atoms with van der Waals surface area (Å²) < 4.78 is 63.1. The lowest BCUT2D eigenvalue weighted by molar-refractivity contribution is -0.663. The van der Waals surface area contributed by atoms with Crippen LogP contribution in [0, 0.1) is 0 Å². The lowest BCUT2D eigenvalue weighted by Gasteiger charge is -2.40. The van der Waals surface area contributed by atoms with Crippen molar-refractivity contribution in [2.45, 2.75) is 49.1 Å². The molecule has 1 aromatic heterocycles. The fourth-order valence-electron chi connectivity index (χ4n) is 5.44. The SMILES string of the molecule is COc1cc(N2CCC(N3CC[NH2+]CC3)CC2)ccc1Nc1ncc(Cl)c(Nc2ccccc2S(=O)(=O)C(C)C)n1.O=C([O-])C(F)(F)F. The van der Waals surface area contributed by atoms with Crippen LogP contribution in [0.25, 0.3) is 0 Å². The molecule has 4 N–H and O–H groups in total. The third-order valence-electron chi connectivity index (χ3n) is 8.06. The van der Waals surface area contributed by atoms with Gasteiger partial charge in [-0.05, 0) is 51.0 Å². The minimum atomic E-state index is -5.19. The number of carbonyl (C=O) groups excluding carboxylic acids is 1. The third-order valence-corrected chi connectivity index (χ3v) is 10.5. The number of anilines is 5. The molecular weight excluding hydrogens is 675 g/mol. The molecule has 0 radical (unpaired) electrons. The number of quaternary nitrogens is 1. The first-order chi connectivity index (χ1) is 22.7. The number of hydrogen-bond acceptors (Lipinski definition) is 11. The fraction of sp³-hybridized carbons (Fsp3) is 0.452. The molecule has 12 nitrogen and oxygen atoms in total. The molecule has 3 heterocycles. The smallest absolute Gasteiger partial charge is 0.430 e. The van der Waals surface area contributed by atoms with E-state index in [2.05, 4.69) is 41.8 Å². The maximum Gasteiger partial charge on any atom is 0.430 e. The van der Waals surface area contributed by atoms with E-state index in [1.54, 1.807) is 45.2 Å². The van der Waals surface area contributed by atoms with Crippen LogP contribution in [0.4, 0.5) is 42.0 Å². The van der Waals surface area contributed by atoms with E-state index in [0.29, 0.717) is 34.9 Å². The van der Waals surface area contributed by atoms with Crippen molar-refractivity contribution in [3.8, 4) is 5.75 Å². The lowest BCUT2D eigenvalue weighted by atomic mass is 10.0. The van der Waals surface area contributed by atoms with Crippen molar-refractivity contribution in [1.82, 2.24) is 14.9 Å². The van der Waals surface area contributed by atoms with Crippen molar-refractivity contribution in [2.24, 2.45) is 0 Å². The quantitative estimate of drug-likeness (QED) is 0.300. The van der Waals surface area contributed by atoms with Gasteiger partial charge in [-0.15, -0.1) is 0 Å². The highest BCUT2D eigenvalue weighted by Crippen LogP contribution is 2.34. The number of nitrogens with one attached hydrogen (secondary N) is 2. The largest absolute Gasteiger partial charge is 0.542 e. The van der Waals surface area contributed by atoms with Gasteiger partial charge in [0.15, 0.2) is 15.7 Å². The second kappa shape index (κ2) is 16.0. The van der Waals surface area contributed by atoms with Crippen LogP contribution in [-0.2, 0) is 14.6 Å². The topological polar surface area (TPSA) is 156 Å². The number of nitrogens with zero attached hydrogens (tertiary/aromatic N) is 4. The van der Waals surface area contributed by atoms with E-state index in [1.165, 1.54) is 32.4 Å². The molecule has 2 fully saturated rings. The zero-order valence-corrected chi connectivity index (χ0v) is 28.3. The number of carboxylic acid groups (broad SMARTS) is 1. The van der Waals surface area contributed by atoms with Gasteiger partial charge in [-0.25, -0.2) is 13.4 Å². The Balaban J connectivity index is 0.000000671. The minimum absolute atomic E-state index is 0.190. The molecule has 262 valence electrons. The molecule has 3 aromatic rings. The van der Waals surface area contributed by atoms with Gasteiger partial charge in [-0.1, -0.05) is 23.7 Å². The van der Waals surface area contributed by atoms with E-state index in [9.17, 15) is 21.6 Å². The molecule has 2 aromatic carbocycles. The summed E-state index contributed by atoms with van der Waals surface area (Å²) in [6.07, 6.45) is -1.39. The van der Waals surface area contributed by atoms with Crippen LogP contribution >= 0.6 is 11.6 Å². The van der Waals surface area contributed by atoms with E-state index in [-0.39, 0.29) is 9.92 Å². The number of ether oxygens (including phenoxy) is 1. The van der Waals surface area contributed by atoms with Gasteiger partial charge in [0.05, 0.1) is 47.9 Å². The van der Waals surface area contributed by atoms with Gasteiger partial charge in [0.25, 0.3) is 0 Å². The number of benzene rings is 2. The molecule has 2 aliphatic rings. The molecule has 17 heteroatoms. The molecule has 0 amide bonds. The summed E-state index contributed by atoms with van der Waals surface area (Å²) >= 11 is 6.40. The third kappa shape index (κ3) is 9.39. The number of rotatable bonds is 9. The number of methoxy groups -OCH3 is 1. The Hall–Kier alpha value is -3.86. The lowest BCUT2D eigenvalue weighted by Crippen LogP contribution is -2.90. The highest BCUT2D eigenvalue weighted by molar-refractivity contribution is 7.92. The highest BCUT2D eigenvalue weighted by atomic mass is 35.5. The summed E-state index contributed by atoms with van der Waals surface area (Å²) in [6.45, 7) is 10.1. The second-order valence-electron chi connectivity index (χ2n) is 11.5. The zero-order valence-electron chi connectivity index (χ0n) is 26.8. The van der Waals surface area contributed by atoms with E-state index in [1.807, 2.05) is 12.1 Å². The Morgan fingerprint density at radius 3 is 2.31 bits per heavy atom. The Morgan fingerprint density at radius 1 is 1.06 bits per heavy atom. The van der Waals surface area contributed by atoms with Gasteiger partial charge >= 0.3 is 6.18 Å². The maximum absolute atomic E-state index is 12.9. The molecule has 0 unspecified atom stereocenters. The highest BCUT2D eigenvalue weighted by Gasteiger charge is 2.29. The number of aromatic nitrogens is 2. The Bertz CT molecular complexity index is 1670. The van der Waals surface area contributed by atoms with E-state index in [0.717, 1.165) is 31.6 Å². The average Bonchev–Trinajstić information content (AvgIpc) is 3.07. The molecule has 0 aliphatic carbocycles. The van der Waals surface area contributed by atoms with Crippen molar-refractivity contribution < 1.29 is 41.5 Å². The van der Waals surface area contributed by atoms with Gasteiger partial charge in [0.2, 0.25) is 5.95 Å². The first kappa shape index (κ1) is 37.0. The summed E-state index contributed by atoms with van der Waals surface area (Å²) in [5.74, 6) is -1.74. The Labute approximate surface area is 282 Å². The number of aliphatic carboxylic acids is 1. The van der Waals surface area contributed by atoms with Crippen LogP contribution in [0.5, 0.6) is 5.75 Å².